The zero-order valence-corrected chi connectivity index (χ0v) is 13.5. The van der Waals surface area contributed by atoms with Gasteiger partial charge in [0.1, 0.15) is 11.5 Å². The van der Waals surface area contributed by atoms with E-state index in [1.807, 2.05) is 30.9 Å². The molecule has 1 aliphatic rings. The molecule has 3 heterocycles. The van der Waals surface area contributed by atoms with E-state index in [2.05, 4.69) is 23.8 Å². The third kappa shape index (κ3) is 2.63. The lowest BCUT2D eigenvalue weighted by Crippen LogP contribution is -2.36. The van der Waals surface area contributed by atoms with Crippen molar-refractivity contribution in [2.45, 2.75) is 46.6 Å². The van der Waals surface area contributed by atoms with Gasteiger partial charge < -0.3 is 9.32 Å². The summed E-state index contributed by atoms with van der Waals surface area (Å²) < 4.78 is 5.78. The van der Waals surface area contributed by atoms with Crippen LogP contribution in [0.4, 0.5) is 0 Å². The molecule has 0 bridgehead atoms. The van der Waals surface area contributed by atoms with Crippen molar-refractivity contribution >= 4 is 5.91 Å². The van der Waals surface area contributed by atoms with Crippen LogP contribution in [0.15, 0.2) is 16.5 Å². The molecule has 2 aromatic heterocycles. The molecule has 5 nitrogen and oxygen atoms in total. The number of nitrogens with zero attached hydrogens (tertiary/aromatic N) is 3. The number of aromatic nitrogens is 2. The SMILES string of the molecule is Cc1ccc(C(=O)N2CCc3oc(C(C)C)nc3C2)c(C)n1. The van der Waals surface area contributed by atoms with Crippen LogP contribution in [-0.2, 0) is 13.0 Å². The fourth-order valence-electron chi connectivity index (χ4n) is 2.72. The molecule has 0 saturated carbocycles. The maximum absolute atomic E-state index is 12.7. The van der Waals surface area contributed by atoms with Crippen molar-refractivity contribution < 1.29 is 9.21 Å². The third-order valence-corrected chi connectivity index (χ3v) is 3.98. The number of carbonyl (C=O) groups is 1. The van der Waals surface area contributed by atoms with E-state index in [9.17, 15) is 4.79 Å². The molecule has 0 spiro atoms. The summed E-state index contributed by atoms with van der Waals surface area (Å²) in [5.74, 6) is 1.96. The number of hydrogen-bond acceptors (Lipinski definition) is 4. The lowest BCUT2D eigenvalue weighted by atomic mass is 10.1. The zero-order chi connectivity index (χ0) is 15.9. The first-order chi connectivity index (χ1) is 10.5. The van der Waals surface area contributed by atoms with Crippen molar-refractivity contribution in [2.24, 2.45) is 0 Å². The Labute approximate surface area is 130 Å². The van der Waals surface area contributed by atoms with Gasteiger partial charge in [-0.3, -0.25) is 9.78 Å². The molecule has 0 aliphatic carbocycles. The predicted octanol–water partition coefficient (Wildman–Crippen LogP) is 3.01. The van der Waals surface area contributed by atoms with E-state index in [-0.39, 0.29) is 11.8 Å². The van der Waals surface area contributed by atoms with Gasteiger partial charge >= 0.3 is 0 Å². The minimum absolute atomic E-state index is 0.0183. The molecule has 0 saturated heterocycles. The Morgan fingerprint density at radius 1 is 1.27 bits per heavy atom. The fourth-order valence-corrected chi connectivity index (χ4v) is 2.72. The van der Waals surface area contributed by atoms with Gasteiger partial charge in [-0.15, -0.1) is 0 Å². The number of rotatable bonds is 2. The monoisotopic (exact) mass is 299 g/mol. The van der Waals surface area contributed by atoms with Gasteiger partial charge in [0.05, 0.1) is 17.8 Å². The van der Waals surface area contributed by atoms with Gasteiger partial charge in [-0.2, -0.15) is 0 Å². The molecule has 3 rings (SSSR count). The van der Waals surface area contributed by atoms with Crippen LogP contribution >= 0.6 is 0 Å². The molecule has 0 fully saturated rings. The quantitative estimate of drug-likeness (QED) is 0.855. The molecule has 22 heavy (non-hydrogen) atoms. The summed E-state index contributed by atoms with van der Waals surface area (Å²) in [6, 6.07) is 3.74. The molecule has 1 aliphatic heterocycles. The maximum atomic E-state index is 12.7. The number of hydrogen-bond donors (Lipinski definition) is 0. The summed E-state index contributed by atoms with van der Waals surface area (Å²) in [4.78, 5) is 23.5. The van der Waals surface area contributed by atoms with E-state index in [4.69, 9.17) is 4.42 Å². The van der Waals surface area contributed by atoms with Crippen molar-refractivity contribution in [3.8, 4) is 0 Å². The van der Waals surface area contributed by atoms with E-state index in [1.165, 1.54) is 0 Å². The van der Waals surface area contributed by atoms with Crippen LogP contribution in [0.3, 0.4) is 0 Å². The van der Waals surface area contributed by atoms with Crippen LogP contribution in [0, 0.1) is 13.8 Å². The zero-order valence-electron chi connectivity index (χ0n) is 13.5. The number of fused-ring (bicyclic) bond motifs is 1. The van der Waals surface area contributed by atoms with E-state index in [1.54, 1.807) is 0 Å². The van der Waals surface area contributed by atoms with Crippen molar-refractivity contribution in [1.82, 2.24) is 14.9 Å². The molecule has 5 heteroatoms. The number of oxazole rings is 1. The Hall–Kier alpha value is -2.17. The minimum Gasteiger partial charge on any atom is -0.445 e. The standard InChI is InChI=1S/C17H21N3O2/c1-10(2)16-19-14-9-20(8-7-15(14)22-16)17(21)13-6-5-11(3)18-12(13)4/h5-6,10H,7-9H2,1-4H3. The summed E-state index contributed by atoms with van der Waals surface area (Å²) in [5.41, 5.74) is 3.26. The summed E-state index contributed by atoms with van der Waals surface area (Å²) in [5, 5.41) is 0. The highest BCUT2D eigenvalue weighted by atomic mass is 16.4. The number of aryl methyl sites for hydroxylation is 2. The Morgan fingerprint density at radius 2 is 2.05 bits per heavy atom. The lowest BCUT2D eigenvalue weighted by Gasteiger charge is -2.25. The van der Waals surface area contributed by atoms with Crippen LogP contribution in [0.25, 0.3) is 0 Å². The average molecular weight is 299 g/mol. The molecule has 0 atom stereocenters. The molecule has 1 amide bonds. The highest BCUT2D eigenvalue weighted by Gasteiger charge is 2.27. The second-order valence-corrected chi connectivity index (χ2v) is 6.14. The van der Waals surface area contributed by atoms with Crippen LogP contribution in [0.2, 0.25) is 0 Å². The summed E-state index contributed by atoms with van der Waals surface area (Å²) in [7, 11) is 0. The Morgan fingerprint density at radius 3 is 2.73 bits per heavy atom. The fraction of sp³-hybridized carbons (Fsp3) is 0.471. The third-order valence-electron chi connectivity index (χ3n) is 3.98. The van der Waals surface area contributed by atoms with Gasteiger partial charge in [0.15, 0.2) is 5.89 Å². The molecule has 116 valence electrons. The second-order valence-electron chi connectivity index (χ2n) is 6.14. The average Bonchev–Trinajstić information content (AvgIpc) is 2.89. The van der Waals surface area contributed by atoms with E-state index >= 15 is 0 Å². The van der Waals surface area contributed by atoms with Crippen molar-refractivity contribution in [2.75, 3.05) is 6.54 Å². The predicted molar refractivity (Wildman–Crippen MR) is 82.7 cm³/mol. The largest absolute Gasteiger partial charge is 0.445 e. The van der Waals surface area contributed by atoms with Crippen LogP contribution < -0.4 is 0 Å². The van der Waals surface area contributed by atoms with Crippen LogP contribution in [-0.4, -0.2) is 27.3 Å². The molecular weight excluding hydrogens is 278 g/mol. The first kappa shape index (κ1) is 14.8. The minimum atomic E-state index is 0.0183. The van der Waals surface area contributed by atoms with E-state index in [0.29, 0.717) is 18.7 Å². The first-order valence-electron chi connectivity index (χ1n) is 7.67. The molecule has 0 aromatic carbocycles. The number of amides is 1. The normalized spacial score (nSPS) is 14.3. The Balaban J connectivity index is 1.83. The highest BCUT2D eigenvalue weighted by molar-refractivity contribution is 5.95. The first-order valence-corrected chi connectivity index (χ1v) is 7.67. The van der Waals surface area contributed by atoms with E-state index in [0.717, 1.165) is 35.2 Å². The van der Waals surface area contributed by atoms with Gasteiger partial charge in [0.25, 0.3) is 5.91 Å². The van der Waals surface area contributed by atoms with Crippen molar-refractivity contribution in [3.63, 3.8) is 0 Å². The van der Waals surface area contributed by atoms with Gasteiger partial charge in [-0.25, -0.2) is 4.98 Å². The van der Waals surface area contributed by atoms with E-state index < -0.39 is 0 Å². The number of carbonyl (C=O) groups excluding carboxylic acids is 1. The topological polar surface area (TPSA) is 59.2 Å². The van der Waals surface area contributed by atoms with Crippen LogP contribution in [0.5, 0.6) is 0 Å². The highest BCUT2D eigenvalue weighted by Crippen LogP contribution is 2.25. The summed E-state index contributed by atoms with van der Waals surface area (Å²) in [6.07, 6.45) is 0.721. The van der Waals surface area contributed by atoms with Crippen LogP contribution in [0.1, 0.15) is 58.9 Å². The molecular formula is C17H21N3O2. The molecule has 0 N–H and O–H groups in total. The van der Waals surface area contributed by atoms with Gasteiger partial charge in [-0.05, 0) is 26.0 Å². The second kappa shape index (κ2) is 5.55. The molecule has 0 radical (unpaired) electrons. The van der Waals surface area contributed by atoms with Crippen molar-refractivity contribution in [3.05, 3.63) is 46.4 Å². The lowest BCUT2D eigenvalue weighted by molar-refractivity contribution is 0.0726. The Bertz CT molecular complexity index is 719. The van der Waals surface area contributed by atoms with Gasteiger partial charge in [0, 0.05) is 24.6 Å². The summed E-state index contributed by atoms with van der Waals surface area (Å²) >= 11 is 0. The van der Waals surface area contributed by atoms with Gasteiger partial charge in [0.2, 0.25) is 0 Å². The smallest absolute Gasteiger partial charge is 0.256 e. The van der Waals surface area contributed by atoms with Gasteiger partial charge in [-0.1, -0.05) is 13.8 Å². The molecule has 2 aromatic rings. The maximum Gasteiger partial charge on any atom is 0.256 e. The number of pyridine rings is 1. The summed E-state index contributed by atoms with van der Waals surface area (Å²) in [6.45, 7) is 9.09. The molecule has 0 unspecified atom stereocenters. The van der Waals surface area contributed by atoms with Crippen molar-refractivity contribution in [1.29, 1.82) is 0 Å². The Kier molecular flexibility index (Phi) is 3.72.